The molecule has 0 aliphatic carbocycles. The van der Waals surface area contributed by atoms with Crippen LogP contribution in [0.4, 0.5) is 0 Å². The Kier molecular flexibility index (Phi) is 8.16. The second kappa shape index (κ2) is 9.64. The molecule has 0 saturated carbocycles. The predicted octanol–water partition coefficient (Wildman–Crippen LogP) is 3.81. The summed E-state index contributed by atoms with van der Waals surface area (Å²) in [4.78, 5) is 22.3. The molecule has 0 radical (unpaired) electrons. The molecule has 0 N–H and O–H groups in total. The zero-order valence-electron chi connectivity index (χ0n) is 11.8. The van der Waals surface area contributed by atoms with Crippen LogP contribution in [0.2, 0.25) is 0 Å². The van der Waals surface area contributed by atoms with Crippen molar-refractivity contribution in [3.8, 4) is 0 Å². The first-order valence-corrected chi connectivity index (χ1v) is 7.58. The van der Waals surface area contributed by atoms with Crippen LogP contribution < -0.4 is 0 Å². The molecule has 0 fully saturated rings. The Hall–Kier alpha value is -1.26. The first-order chi connectivity index (χ1) is 10.0. The van der Waals surface area contributed by atoms with Crippen LogP contribution in [-0.4, -0.2) is 23.4 Å². The van der Waals surface area contributed by atoms with Gasteiger partial charge in [-0.3, -0.25) is 9.59 Å². The molecule has 0 aromatic heterocycles. The van der Waals surface area contributed by atoms with Gasteiger partial charge in [0.2, 0.25) is 0 Å². The van der Waals surface area contributed by atoms with Gasteiger partial charge < -0.3 is 9.47 Å². The fraction of sp³-hybridized carbons (Fsp3) is 0.467. The van der Waals surface area contributed by atoms with Crippen LogP contribution in [0.3, 0.4) is 0 Å². The molecule has 0 aliphatic rings. The van der Waals surface area contributed by atoms with Crippen LogP contribution in [0.25, 0.3) is 0 Å². The fourth-order valence-corrected chi connectivity index (χ4v) is 1.83. The monoisotopic (exact) mass is 332 g/mol. The summed E-state index contributed by atoms with van der Waals surface area (Å²) in [6, 6.07) is 9.47. The van der Waals surface area contributed by atoms with Gasteiger partial charge in [0.05, 0.1) is 12.8 Å². The lowest BCUT2D eigenvalue weighted by atomic mass is 10.1. The largest absolute Gasteiger partial charge is 0.463 e. The maximum atomic E-state index is 11.7. The molecule has 0 spiro atoms. The molecular weight excluding hydrogens is 315 g/mol. The van der Waals surface area contributed by atoms with E-state index in [1.54, 1.807) is 0 Å². The molecule has 0 saturated heterocycles. The Morgan fingerprint density at radius 2 is 1.71 bits per heavy atom. The zero-order chi connectivity index (χ0) is 15.7. The number of hydrogen-bond acceptors (Lipinski definition) is 4. The minimum Gasteiger partial charge on any atom is -0.463 e. The van der Waals surface area contributed by atoms with Gasteiger partial charge in [0.15, 0.2) is 0 Å². The van der Waals surface area contributed by atoms with E-state index in [4.69, 9.17) is 32.7 Å². The molecule has 1 aromatic rings. The van der Waals surface area contributed by atoms with Gasteiger partial charge in [-0.05, 0) is 12.0 Å². The van der Waals surface area contributed by atoms with E-state index in [-0.39, 0.29) is 25.6 Å². The number of alkyl halides is 2. The third-order valence-electron chi connectivity index (χ3n) is 2.72. The number of carbonyl (C=O) groups excluding carboxylic acids is 2. The minimum atomic E-state index is -0.761. The van der Waals surface area contributed by atoms with Gasteiger partial charge in [0.25, 0.3) is 0 Å². The molecule has 0 aliphatic heterocycles. The molecule has 0 heterocycles. The maximum Gasteiger partial charge on any atom is 0.306 e. The van der Waals surface area contributed by atoms with Crippen LogP contribution in [0.5, 0.6) is 0 Å². The van der Waals surface area contributed by atoms with Gasteiger partial charge in [0, 0.05) is 0 Å². The van der Waals surface area contributed by atoms with Crippen molar-refractivity contribution in [3.05, 3.63) is 35.9 Å². The van der Waals surface area contributed by atoms with E-state index in [0.29, 0.717) is 6.42 Å². The highest BCUT2D eigenvalue weighted by Gasteiger charge is 2.16. The highest BCUT2D eigenvalue weighted by atomic mass is 35.5. The molecule has 21 heavy (non-hydrogen) atoms. The van der Waals surface area contributed by atoms with E-state index in [1.165, 1.54) is 0 Å². The van der Waals surface area contributed by atoms with Crippen LogP contribution in [-0.2, 0) is 19.1 Å². The number of ether oxygens (including phenoxy) is 2. The average molecular weight is 333 g/mol. The van der Waals surface area contributed by atoms with Gasteiger partial charge >= 0.3 is 11.9 Å². The fourth-order valence-electron chi connectivity index (χ4n) is 1.70. The van der Waals surface area contributed by atoms with Gasteiger partial charge in [-0.15, -0.1) is 23.2 Å². The molecule has 6 heteroatoms. The third-order valence-corrected chi connectivity index (χ3v) is 2.97. The van der Waals surface area contributed by atoms with Crippen molar-refractivity contribution in [1.82, 2.24) is 0 Å². The van der Waals surface area contributed by atoms with Crippen molar-refractivity contribution >= 4 is 35.1 Å². The summed E-state index contributed by atoms with van der Waals surface area (Å²) in [7, 11) is 0. The van der Waals surface area contributed by atoms with E-state index in [1.807, 2.05) is 37.3 Å². The summed E-state index contributed by atoms with van der Waals surface area (Å²) in [6.07, 6.45) is 0.285. The Labute approximate surface area is 134 Å². The number of rotatable bonds is 8. The molecule has 1 atom stereocenters. The van der Waals surface area contributed by atoms with Crippen molar-refractivity contribution in [3.63, 3.8) is 0 Å². The van der Waals surface area contributed by atoms with E-state index < -0.39 is 16.8 Å². The lowest BCUT2D eigenvalue weighted by molar-refractivity contribution is -0.154. The SMILES string of the molecule is CCC(OC(=O)CCC(=O)OCC(Cl)Cl)c1ccccc1. The van der Waals surface area contributed by atoms with Crippen LogP contribution in [0.15, 0.2) is 30.3 Å². The summed E-state index contributed by atoms with van der Waals surface area (Å²) in [5, 5.41) is 0. The first kappa shape index (κ1) is 17.8. The van der Waals surface area contributed by atoms with Crippen molar-refractivity contribution in [2.45, 2.75) is 37.1 Å². The standard InChI is InChI=1S/C15H18Cl2O4/c1-2-12(11-6-4-3-5-7-11)21-15(19)9-8-14(18)20-10-13(16)17/h3-7,12-13H,2,8-10H2,1H3. The summed E-state index contributed by atoms with van der Waals surface area (Å²) in [5.41, 5.74) is 0.933. The van der Waals surface area contributed by atoms with Gasteiger partial charge in [-0.2, -0.15) is 0 Å². The number of carbonyl (C=O) groups is 2. The number of esters is 2. The van der Waals surface area contributed by atoms with Crippen LogP contribution in [0.1, 0.15) is 37.9 Å². The quantitative estimate of drug-likeness (QED) is 0.536. The van der Waals surface area contributed by atoms with E-state index in [9.17, 15) is 9.59 Å². The normalized spacial score (nSPS) is 12.0. The summed E-state index contributed by atoms with van der Waals surface area (Å²) in [6.45, 7) is 1.85. The number of benzene rings is 1. The van der Waals surface area contributed by atoms with E-state index in [2.05, 4.69) is 0 Å². The molecule has 4 nitrogen and oxygen atoms in total. The first-order valence-electron chi connectivity index (χ1n) is 6.71. The summed E-state index contributed by atoms with van der Waals surface area (Å²) in [5.74, 6) is -0.957. The van der Waals surface area contributed by atoms with Gasteiger partial charge in [0.1, 0.15) is 17.5 Å². The van der Waals surface area contributed by atoms with Crippen molar-refractivity contribution in [1.29, 1.82) is 0 Å². The second-order valence-corrected chi connectivity index (χ2v) is 5.65. The Morgan fingerprint density at radius 1 is 1.10 bits per heavy atom. The highest BCUT2D eigenvalue weighted by Crippen LogP contribution is 2.21. The maximum absolute atomic E-state index is 11.7. The topological polar surface area (TPSA) is 52.6 Å². The van der Waals surface area contributed by atoms with E-state index >= 15 is 0 Å². The van der Waals surface area contributed by atoms with Gasteiger partial charge in [-0.25, -0.2) is 0 Å². The number of hydrogen-bond donors (Lipinski definition) is 0. The Bertz CT molecular complexity index is 448. The third kappa shape index (κ3) is 7.34. The van der Waals surface area contributed by atoms with Crippen molar-refractivity contribution in [2.24, 2.45) is 0 Å². The molecule has 0 amide bonds. The predicted molar refractivity (Wildman–Crippen MR) is 81.3 cm³/mol. The minimum absolute atomic E-state index is 0.0304. The summed E-state index contributed by atoms with van der Waals surface area (Å²) < 4.78 is 10.1. The molecule has 1 unspecified atom stereocenters. The second-order valence-electron chi connectivity index (χ2n) is 4.37. The highest BCUT2D eigenvalue weighted by molar-refractivity contribution is 6.44. The van der Waals surface area contributed by atoms with Crippen molar-refractivity contribution < 1.29 is 19.1 Å². The molecular formula is C15H18Cl2O4. The average Bonchev–Trinajstić information content (AvgIpc) is 2.49. The van der Waals surface area contributed by atoms with E-state index in [0.717, 1.165) is 5.56 Å². The molecule has 0 bridgehead atoms. The molecule has 116 valence electrons. The Balaban J connectivity index is 2.37. The lowest BCUT2D eigenvalue weighted by Gasteiger charge is -2.16. The van der Waals surface area contributed by atoms with Crippen LogP contribution in [0, 0.1) is 0 Å². The lowest BCUT2D eigenvalue weighted by Crippen LogP contribution is -2.15. The van der Waals surface area contributed by atoms with Crippen molar-refractivity contribution in [2.75, 3.05) is 6.61 Å². The molecule has 1 aromatic carbocycles. The molecule has 1 rings (SSSR count). The smallest absolute Gasteiger partial charge is 0.306 e. The van der Waals surface area contributed by atoms with Crippen LogP contribution >= 0.6 is 23.2 Å². The summed E-state index contributed by atoms with van der Waals surface area (Å²) >= 11 is 10.9. The number of halogens is 2. The Morgan fingerprint density at radius 3 is 2.29 bits per heavy atom. The zero-order valence-corrected chi connectivity index (χ0v) is 13.3. The van der Waals surface area contributed by atoms with Gasteiger partial charge in [-0.1, -0.05) is 37.3 Å².